The first-order valence-electron chi connectivity index (χ1n) is 7.70. The van der Waals surface area contributed by atoms with Crippen LogP contribution in [0.15, 0.2) is 17.5 Å². The van der Waals surface area contributed by atoms with Crippen LogP contribution in [0.5, 0.6) is 0 Å². The van der Waals surface area contributed by atoms with E-state index in [1.807, 2.05) is 0 Å². The number of aliphatic hydroxyl groups excluding tert-OH is 1. The summed E-state index contributed by atoms with van der Waals surface area (Å²) in [5.41, 5.74) is 0. The summed E-state index contributed by atoms with van der Waals surface area (Å²) in [6.07, 6.45) is 6.17. The molecule has 1 aromatic heterocycles. The van der Waals surface area contributed by atoms with Gasteiger partial charge < -0.3 is 10.4 Å². The number of aryl methyl sites for hydroxylation is 1. The molecule has 4 atom stereocenters. The van der Waals surface area contributed by atoms with Gasteiger partial charge in [-0.25, -0.2) is 0 Å². The highest BCUT2D eigenvalue weighted by Gasteiger charge is 2.47. The van der Waals surface area contributed by atoms with Gasteiger partial charge in [-0.3, -0.25) is 4.79 Å². The molecule has 4 unspecified atom stereocenters. The van der Waals surface area contributed by atoms with Crippen molar-refractivity contribution in [1.82, 2.24) is 5.32 Å². The first kappa shape index (κ1) is 14.1. The minimum Gasteiger partial charge on any atom is -0.396 e. The summed E-state index contributed by atoms with van der Waals surface area (Å²) in [5.74, 6) is 1.72. The molecule has 3 rings (SSSR count). The first-order valence-corrected chi connectivity index (χ1v) is 8.58. The van der Waals surface area contributed by atoms with Crippen molar-refractivity contribution in [3.63, 3.8) is 0 Å². The Morgan fingerprint density at radius 3 is 3.00 bits per heavy atom. The van der Waals surface area contributed by atoms with E-state index in [4.69, 9.17) is 0 Å². The van der Waals surface area contributed by atoms with Gasteiger partial charge in [0.2, 0.25) is 5.91 Å². The fourth-order valence-corrected chi connectivity index (χ4v) is 4.79. The maximum atomic E-state index is 12.1. The van der Waals surface area contributed by atoms with Gasteiger partial charge in [0.25, 0.3) is 0 Å². The summed E-state index contributed by atoms with van der Waals surface area (Å²) >= 11 is 1.76. The van der Waals surface area contributed by atoms with Crippen LogP contribution >= 0.6 is 11.3 Å². The summed E-state index contributed by atoms with van der Waals surface area (Å²) in [5, 5.41) is 14.8. The maximum absolute atomic E-state index is 12.1. The van der Waals surface area contributed by atoms with Crippen molar-refractivity contribution in [2.24, 2.45) is 17.8 Å². The Morgan fingerprint density at radius 1 is 1.40 bits per heavy atom. The number of aliphatic hydroxyl groups is 1. The zero-order valence-corrected chi connectivity index (χ0v) is 12.6. The molecule has 20 heavy (non-hydrogen) atoms. The summed E-state index contributed by atoms with van der Waals surface area (Å²) in [6, 6.07) is 4.41. The van der Waals surface area contributed by atoms with Crippen LogP contribution in [0.4, 0.5) is 0 Å². The van der Waals surface area contributed by atoms with Crippen molar-refractivity contribution in [3.8, 4) is 0 Å². The van der Waals surface area contributed by atoms with Gasteiger partial charge in [-0.2, -0.15) is 0 Å². The van der Waals surface area contributed by atoms with Crippen molar-refractivity contribution in [2.45, 2.75) is 44.6 Å². The molecule has 0 saturated heterocycles. The lowest BCUT2D eigenvalue weighted by atomic mass is 9.85. The lowest BCUT2D eigenvalue weighted by Crippen LogP contribution is -2.45. The van der Waals surface area contributed by atoms with Gasteiger partial charge in [0.05, 0.1) is 0 Å². The lowest BCUT2D eigenvalue weighted by molar-refractivity contribution is -0.122. The molecule has 3 nitrogen and oxygen atoms in total. The normalized spacial score (nSPS) is 31.6. The fourth-order valence-electron chi connectivity index (χ4n) is 4.03. The molecule has 4 heteroatoms. The predicted octanol–water partition coefficient (Wildman–Crippen LogP) is 2.59. The Kier molecular flexibility index (Phi) is 4.41. The third-order valence-electron chi connectivity index (χ3n) is 5.03. The van der Waals surface area contributed by atoms with Crippen LogP contribution in [0.2, 0.25) is 0 Å². The van der Waals surface area contributed by atoms with E-state index in [1.54, 1.807) is 11.3 Å². The molecule has 1 aromatic rings. The van der Waals surface area contributed by atoms with E-state index >= 15 is 0 Å². The number of carbonyl (C=O) groups is 1. The Balaban J connectivity index is 1.44. The minimum atomic E-state index is 0.164. The SMILES string of the molecule is O=C(CCCc1cccs1)NC1C2CCC(C2)C1CO. The van der Waals surface area contributed by atoms with Gasteiger partial charge in [0.15, 0.2) is 0 Å². The topological polar surface area (TPSA) is 49.3 Å². The molecule has 1 amide bonds. The molecule has 2 fully saturated rings. The molecule has 2 saturated carbocycles. The molecular formula is C16H23NO2S. The standard InChI is InChI=1S/C16H23NO2S/c18-10-14-11-6-7-12(9-11)16(14)17-15(19)5-1-3-13-4-2-8-20-13/h2,4,8,11-12,14,16,18H,1,3,5-7,9-10H2,(H,17,19). The minimum absolute atomic E-state index is 0.164. The average Bonchev–Trinajstić information content (AvgIpc) is 3.15. The summed E-state index contributed by atoms with van der Waals surface area (Å²) in [6.45, 7) is 0.224. The molecule has 0 aromatic carbocycles. The van der Waals surface area contributed by atoms with Crippen molar-refractivity contribution >= 4 is 17.2 Å². The van der Waals surface area contributed by atoms with Crippen molar-refractivity contribution in [2.75, 3.05) is 6.61 Å². The second kappa shape index (κ2) is 6.27. The lowest BCUT2D eigenvalue weighted by Gasteiger charge is -2.30. The zero-order chi connectivity index (χ0) is 13.9. The Morgan fingerprint density at radius 2 is 2.25 bits per heavy atom. The van der Waals surface area contributed by atoms with Crippen LogP contribution in [0, 0.1) is 17.8 Å². The third kappa shape index (κ3) is 2.91. The van der Waals surface area contributed by atoms with Gasteiger partial charge in [-0.05, 0) is 55.4 Å². The molecule has 2 aliphatic rings. The molecular weight excluding hydrogens is 270 g/mol. The maximum Gasteiger partial charge on any atom is 0.220 e. The smallest absolute Gasteiger partial charge is 0.220 e. The fraction of sp³-hybridized carbons (Fsp3) is 0.688. The highest BCUT2D eigenvalue weighted by Crippen LogP contribution is 2.48. The number of fused-ring (bicyclic) bond motifs is 2. The molecule has 110 valence electrons. The average molecular weight is 293 g/mol. The Labute approximate surface area is 124 Å². The van der Waals surface area contributed by atoms with Gasteiger partial charge in [0, 0.05) is 29.9 Å². The quantitative estimate of drug-likeness (QED) is 0.847. The second-order valence-electron chi connectivity index (χ2n) is 6.21. The van der Waals surface area contributed by atoms with E-state index in [9.17, 15) is 9.90 Å². The predicted molar refractivity (Wildman–Crippen MR) is 80.6 cm³/mol. The number of nitrogens with one attached hydrogen (secondary N) is 1. The van der Waals surface area contributed by atoms with E-state index in [0.717, 1.165) is 12.8 Å². The van der Waals surface area contributed by atoms with Crippen LogP contribution in [0.3, 0.4) is 0 Å². The number of rotatable bonds is 6. The molecule has 1 heterocycles. The van der Waals surface area contributed by atoms with Crippen LogP contribution in [0.1, 0.15) is 37.0 Å². The zero-order valence-electron chi connectivity index (χ0n) is 11.8. The number of thiophene rings is 1. The van der Waals surface area contributed by atoms with E-state index in [-0.39, 0.29) is 18.6 Å². The van der Waals surface area contributed by atoms with Crippen molar-refractivity contribution in [3.05, 3.63) is 22.4 Å². The van der Waals surface area contributed by atoms with Crippen LogP contribution in [0.25, 0.3) is 0 Å². The van der Waals surface area contributed by atoms with Crippen molar-refractivity contribution in [1.29, 1.82) is 0 Å². The number of hydrogen-bond acceptors (Lipinski definition) is 3. The van der Waals surface area contributed by atoms with E-state index in [1.165, 1.54) is 24.1 Å². The molecule has 0 radical (unpaired) electrons. The Hall–Kier alpha value is -0.870. The number of carbonyl (C=O) groups excluding carboxylic acids is 1. The van der Waals surface area contributed by atoms with Gasteiger partial charge in [0.1, 0.15) is 0 Å². The van der Waals surface area contributed by atoms with Gasteiger partial charge >= 0.3 is 0 Å². The summed E-state index contributed by atoms with van der Waals surface area (Å²) < 4.78 is 0. The van der Waals surface area contributed by atoms with Crippen LogP contribution in [-0.4, -0.2) is 23.7 Å². The highest BCUT2D eigenvalue weighted by molar-refractivity contribution is 7.09. The summed E-state index contributed by atoms with van der Waals surface area (Å²) in [4.78, 5) is 13.4. The monoisotopic (exact) mass is 293 g/mol. The van der Waals surface area contributed by atoms with Gasteiger partial charge in [-0.1, -0.05) is 6.07 Å². The van der Waals surface area contributed by atoms with Crippen LogP contribution < -0.4 is 5.32 Å². The Bertz CT molecular complexity index is 445. The molecule has 2 bridgehead atoms. The largest absolute Gasteiger partial charge is 0.396 e. The highest BCUT2D eigenvalue weighted by atomic mass is 32.1. The van der Waals surface area contributed by atoms with Crippen molar-refractivity contribution < 1.29 is 9.90 Å². The molecule has 2 N–H and O–H groups in total. The third-order valence-corrected chi connectivity index (χ3v) is 5.97. The van der Waals surface area contributed by atoms with E-state index < -0.39 is 0 Å². The summed E-state index contributed by atoms with van der Waals surface area (Å²) in [7, 11) is 0. The first-order chi connectivity index (χ1) is 9.78. The van der Waals surface area contributed by atoms with E-state index in [2.05, 4.69) is 22.8 Å². The van der Waals surface area contributed by atoms with Gasteiger partial charge in [-0.15, -0.1) is 11.3 Å². The second-order valence-corrected chi connectivity index (χ2v) is 7.24. The van der Waals surface area contributed by atoms with E-state index in [0.29, 0.717) is 24.2 Å². The molecule has 2 aliphatic carbocycles. The van der Waals surface area contributed by atoms with Crippen LogP contribution in [-0.2, 0) is 11.2 Å². The molecule has 0 aliphatic heterocycles. The molecule has 0 spiro atoms. The number of hydrogen-bond donors (Lipinski definition) is 2. The number of amides is 1.